The average Bonchev–Trinajstić information content (AvgIpc) is 3.25. The zero-order chi connectivity index (χ0) is 18.1. The Morgan fingerprint density at radius 1 is 1.35 bits per heavy atom. The SMILES string of the molecule is CC1(CC(O)Cn2cnc3c(nnn3-c3ccccc3)c2=O)CCCO1. The average molecular weight is 355 g/mol. The molecule has 8 nitrogen and oxygen atoms in total. The van der Waals surface area contributed by atoms with Gasteiger partial charge in [0, 0.05) is 13.0 Å². The van der Waals surface area contributed by atoms with E-state index in [1.54, 1.807) is 0 Å². The highest BCUT2D eigenvalue weighted by Crippen LogP contribution is 2.29. The van der Waals surface area contributed by atoms with Gasteiger partial charge in [-0.15, -0.1) is 5.10 Å². The van der Waals surface area contributed by atoms with Gasteiger partial charge in [0.2, 0.25) is 0 Å². The van der Waals surface area contributed by atoms with Crippen molar-refractivity contribution in [3.63, 3.8) is 0 Å². The fourth-order valence-electron chi connectivity index (χ4n) is 3.50. The summed E-state index contributed by atoms with van der Waals surface area (Å²) in [7, 11) is 0. The Morgan fingerprint density at radius 2 is 2.15 bits per heavy atom. The zero-order valence-corrected chi connectivity index (χ0v) is 14.6. The first-order chi connectivity index (χ1) is 12.6. The van der Waals surface area contributed by atoms with E-state index in [1.807, 2.05) is 37.3 Å². The van der Waals surface area contributed by atoms with Crippen LogP contribution in [0, 0.1) is 0 Å². The number of nitrogens with zero attached hydrogens (tertiary/aromatic N) is 5. The van der Waals surface area contributed by atoms with Gasteiger partial charge in [-0.1, -0.05) is 23.4 Å². The first-order valence-corrected chi connectivity index (χ1v) is 8.74. The van der Waals surface area contributed by atoms with Crippen LogP contribution in [0.1, 0.15) is 26.2 Å². The number of ether oxygens (including phenoxy) is 1. The van der Waals surface area contributed by atoms with Gasteiger partial charge in [0.15, 0.2) is 11.2 Å². The predicted octanol–water partition coefficient (Wildman–Crippen LogP) is 1.30. The van der Waals surface area contributed by atoms with Crippen molar-refractivity contribution in [1.29, 1.82) is 0 Å². The van der Waals surface area contributed by atoms with Crippen LogP contribution in [0.3, 0.4) is 0 Å². The molecule has 26 heavy (non-hydrogen) atoms. The van der Waals surface area contributed by atoms with Crippen molar-refractivity contribution in [1.82, 2.24) is 24.5 Å². The Bertz CT molecular complexity index is 960. The number of hydrogen-bond donors (Lipinski definition) is 1. The molecule has 1 aliphatic rings. The van der Waals surface area contributed by atoms with Crippen LogP contribution >= 0.6 is 0 Å². The summed E-state index contributed by atoms with van der Waals surface area (Å²) >= 11 is 0. The molecule has 1 aliphatic heterocycles. The standard InChI is InChI=1S/C18H21N5O3/c1-18(8-5-9-26-18)10-14(24)11-22-12-19-16-15(17(22)25)20-21-23(16)13-6-3-2-4-7-13/h2-4,6-7,12,14,24H,5,8-11H2,1H3. The molecule has 0 saturated carbocycles. The Balaban J connectivity index is 1.59. The minimum Gasteiger partial charge on any atom is -0.391 e. The number of hydrogen-bond acceptors (Lipinski definition) is 6. The van der Waals surface area contributed by atoms with E-state index in [-0.39, 0.29) is 23.2 Å². The second kappa shape index (κ2) is 6.62. The molecular weight excluding hydrogens is 334 g/mol. The number of aromatic nitrogens is 5. The molecule has 4 rings (SSSR count). The lowest BCUT2D eigenvalue weighted by Crippen LogP contribution is -2.34. The molecule has 136 valence electrons. The molecule has 3 aromatic rings. The second-order valence-electron chi connectivity index (χ2n) is 6.97. The fourth-order valence-corrected chi connectivity index (χ4v) is 3.50. The Labute approximate surface area is 150 Å². The number of aliphatic hydroxyl groups excluding tert-OH is 1. The molecule has 2 aromatic heterocycles. The van der Waals surface area contributed by atoms with Crippen molar-refractivity contribution in [2.75, 3.05) is 6.61 Å². The van der Waals surface area contributed by atoms with Crippen LogP contribution in [-0.2, 0) is 11.3 Å². The summed E-state index contributed by atoms with van der Waals surface area (Å²) < 4.78 is 8.63. The van der Waals surface area contributed by atoms with Gasteiger partial charge in [-0.3, -0.25) is 9.36 Å². The van der Waals surface area contributed by atoms with Crippen LogP contribution in [0.5, 0.6) is 0 Å². The van der Waals surface area contributed by atoms with Crippen LogP contribution in [0.25, 0.3) is 16.9 Å². The van der Waals surface area contributed by atoms with Gasteiger partial charge in [-0.05, 0) is 31.9 Å². The van der Waals surface area contributed by atoms with Crippen LogP contribution < -0.4 is 5.56 Å². The van der Waals surface area contributed by atoms with E-state index in [9.17, 15) is 9.90 Å². The predicted molar refractivity (Wildman–Crippen MR) is 95.1 cm³/mol. The maximum absolute atomic E-state index is 12.7. The summed E-state index contributed by atoms with van der Waals surface area (Å²) in [6.07, 6.45) is 3.14. The van der Waals surface area contributed by atoms with Gasteiger partial charge in [-0.25, -0.2) is 4.98 Å². The number of fused-ring (bicyclic) bond motifs is 1. The lowest BCUT2D eigenvalue weighted by molar-refractivity contribution is -0.0241. The molecule has 1 aromatic carbocycles. The molecule has 0 aliphatic carbocycles. The van der Waals surface area contributed by atoms with Gasteiger partial charge in [0.25, 0.3) is 5.56 Å². The number of benzene rings is 1. The second-order valence-corrected chi connectivity index (χ2v) is 6.97. The Morgan fingerprint density at radius 3 is 2.88 bits per heavy atom. The van der Waals surface area contributed by atoms with E-state index in [1.165, 1.54) is 15.6 Å². The van der Waals surface area contributed by atoms with Crippen molar-refractivity contribution in [2.24, 2.45) is 0 Å². The van der Waals surface area contributed by atoms with E-state index < -0.39 is 6.10 Å². The van der Waals surface area contributed by atoms with Crippen LogP contribution in [0.4, 0.5) is 0 Å². The molecule has 2 atom stereocenters. The van der Waals surface area contributed by atoms with Crippen molar-refractivity contribution in [2.45, 2.75) is 44.4 Å². The largest absolute Gasteiger partial charge is 0.391 e. The first kappa shape index (κ1) is 16.9. The van der Waals surface area contributed by atoms with Crippen LogP contribution in [-0.4, -0.2) is 48.0 Å². The molecule has 3 heterocycles. The lowest BCUT2D eigenvalue weighted by atomic mass is 9.95. The van der Waals surface area contributed by atoms with Crippen molar-refractivity contribution in [3.05, 3.63) is 47.0 Å². The van der Waals surface area contributed by atoms with Gasteiger partial charge >= 0.3 is 0 Å². The molecule has 0 bridgehead atoms. The maximum atomic E-state index is 12.7. The molecule has 1 N–H and O–H groups in total. The maximum Gasteiger partial charge on any atom is 0.283 e. The normalized spacial score (nSPS) is 21.3. The third-order valence-corrected chi connectivity index (χ3v) is 4.81. The summed E-state index contributed by atoms with van der Waals surface area (Å²) in [5.41, 5.74) is 0.737. The Hall–Kier alpha value is -2.58. The molecule has 1 saturated heterocycles. The quantitative estimate of drug-likeness (QED) is 0.741. The van der Waals surface area contributed by atoms with Gasteiger partial charge in [-0.2, -0.15) is 4.68 Å². The van der Waals surface area contributed by atoms with Crippen LogP contribution in [0.2, 0.25) is 0 Å². The summed E-state index contributed by atoms with van der Waals surface area (Å²) in [6, 6.07) is 9.40. The summed E-state index contributed by atoms with van der Waals surface area (Å²) in [5.74, 6) is 0. The highest BCUT2D eigenvalue weighted by atomic mass is 16.5. The van der Waals surface area contributed by atoms with E-state index >= 15 is 0 Å². The molecular formula is C18H21N5O3. The van der Waals surface area contributed by atoms with Gasteiger partial charge in [0.05, 0.1) is 23.9 Å². The first-order valence-electron chi connectivity index (χ1n) is 8.74. The van der Waals surface area contributed by atoms with E-state index in [0.717, 1.165) is 25.1 Å². The summed E-state index contributed by atoms with van der Waals surface area (Å²) in [5, 5.41) is 18.4. The molecule has 0 radical (unpaired) electrons. The van der Waals surface area contributed by atoms with Crippen molar-refractivity contribution >= 4 is 11.2 Å². The van der Waals surface area contributed by atoms with Crippen molar-refractivity contribution < 1.29 is 9.84 Å². The minimum absolute atomic E-state index is 0.152. The van der Waals surface area contributed by atoms with E-state index in [0.29, 0.717) is 12.1 Å². The van der Waals surface area contributed by atoms with E-state index in [2.05, 4.69) is 15.3 Å². The number of aliphatic hydroxyl groups is 1. The molecule has 8 heteroatoms. The fraction of sp³-hybridized carbons (Fsp3) is 0.444. The van der Waals surface area contributed by atoms with Crippen molar-refractivity contribution in [3.8, 4) is 5.69 Å². The molecule has 1 fully saturated rings. The topological polar surface area (TPSA) is 95.1 Å². The highest BCUT2D eigenvalue weighted by Gasteiger charge is 2.32. The third-order valence-electron chi connectivity index (χ3n) is 4.81. The molecule has 2 unspecified atom stereocenters. The molecule has 0 amide bonds. The smallest absolute Gasteiger partial charge is 0.283 e. The van der Waals surface area contributed by atoms with Crippen LogP contribution in [0.15, 0.2) is 41.5 Å². The van der Waals surface area contributed by atoms with Gasteiger partial charge < -0.3 is 9.84 Å². The lowest BCUT2D eigenvalue weighted by Gasteiger charge is -2.26. The number of rotatable bonds is 5. The Kier molecular flexibility index (Phi) is 4.29. The highest BCUT2D eigenvalue weighted by molar-refractivity contribution is 5.70. The number of para-hydroxylation sites is 1. The zero-order valence-electron chi connectivity index (χ0n) is 14.6. The van der Waals surface area contributed by atoms with Gasteiger partial charge in [0.1, 0.15) is 6.33 Å². The monoisotopic (exact) mass is 355 g/mol. The summed E-state index contributed by atoms with van der Waals surface area (Å²) in [6.45, 7) is 2.87. The summed E-state index contributed by atoms with van der Waals surface area (Å²) in [4.78, 5) is 17.0. The third kappa shape index (κ3) is 3.13. The van der Waals surface area contributed by atoms with E-state index in [4.69, 9.17) is 4.74 Å². The molecule has 0 spiro atoms. The minimum atomic E-state index is -0.695.